The van der Waals surface area contributed by atoms with E-state index in [0.29, 0.717) is 5.56 Å². The maximum Gasteiger partial charge on any atom is 0.311 e. The lowest BCUT2D eigenvalue weighted by Gasteiger charge is -2.09. The van der Waals surface area contributed by atoms with E-state index in [9.17, 15) is 19.6 Å². The predicted molar refractivity (Wildman–Crippen MR) is 75.2 cm³/mol. The number of hydrogen-bond acceptors (Lipinski definition) is 4. The van der Waals surface area contributed by atoms with Crippen LogP contribution in [-0.4, -0.2) is 10.0 Å². The van der Waals surface area contributed by atoms with E-state index >= 15 is 0 Å². The fourth-order valence-electron chi connectivity index (χ4n) is 1.69. The van der Waals surface area contributed by atoms with Gasteiger partial charge in [-0.15, -0.1) is 0 Å². The number of halogens is 2. The summed E-state index contributed by atoms with van der Waals surface area (Å²) in [5, 5.41) is 20.4. The molecule has 2 aromatic rings. The Kier molecular flexibility index (Phi) is 4.40. The molecule has 0 fully saturated rings. The second kappa shape index (κ2) is 6.07. The molecule has 0 aliphatic heterocycles. The molecule has 0 amide bonds. The maximum absolute atomic E-state index is 13.1. The summed E-state index contributed by atoms with van der Waals surface area (Å²) in [5.74, 6) is -0.454. The number of aliphatic hydroxyl groups excluding tert-OH is 1. The molecule has 0 saturated heterocycles. The number of benzene rings is 2. The van der Waals surface area contributed by atoms with Gasteiger partial charge in [-0.3, -0.25) is 10.1 Å². The van der Waals surface area contributed by atoms with Crippen molar-refractivity contribution in [2.75, 3.05) is 0 Å². The average molecular weight is 312 g/mol. The molecule has 7 heteroatoms. The lowest BCUT2D eigenvalue weighted by molar-refractivity contribution is -0.385. The van der Waals surface area contributed by atoms with Crippen molar-refractivity contribution in [2.24, 2.45) is 0 Å². The van der Waals surface area contributed by atoms with E-state index in [1.54, 1.807) is 0 Å². The number of nitro groups is 1. The highest BCUT2D eigenvalue weighted by Gasteiger charge is 2.18. The van der Waals surface area contributed by atoms with Gasteiger partial charge in [0.1, 0.15) is 11.6 Å². The number of rotatable bonds is 4. The third-order valence-corrected chi connectivity index (χ3v) is 3.07. The molecule has 0 aliphatic carbocycles. The molecule has 2 rings (SSSR count). The van der Waals surface area contributed by atoms with E-state index in [1.807, 2.05) is 0 Å². The Morgan fingerprint density at radius 3 is 2.62 bits per heavy atom. The van der Waals surface area contributed by atoms with Gasteiger partial charge < -0.3 is 9.84 Å². The largest absolute Gasteiger partial charge is 0.450 e. The van der Waals surface area contributed by atoms with Gasteiger partial charge in [-0.1, -0.05) is 17.7 Å². The topological polar surface area (TPSA) is 72.6 Å². The number of nitro benzene ring substituents is 1. The summed E-state index contributed by atoms with van der Waals surface area (Å²) in [7, 11) is 0. The van der Waals surface area contributed by atoms with Gasteiger partial charge >= 0.3 is 5.69 Å². The third kappa shape index (κ3) is 3.48. The molecule has 0 unspecified atom stereocenters. The third-order valence-electron chi connectivity index (χ3n) is 2.78. The first kappa shape index (κ1) is 15.2. The summed E-state index contributed by atoms with van der Waals surface area (Å²) >= 11 is 5.63. The lowest BCUT2D eigenvalue weighted by atomic mass is 10.1. The highest BCUT2D eigenvalue weighted by Crippen LogP contribution is 2.34. The summed E-state index contributed by atoms with van der Waals surface area (Å²) in [6.07, 6.45) is -0.835. The van der Waals surface area contributed by atoms with E-state index in [1.165, 1.54) is 37.3 Å². The van der Waals surface area contributed by atoms with E-state index in [4.69, 9.17) is 16.3 Å². The molecular formula is C14H11ClFNO4. The van der Waals surface area contributed by atoms with Crippen molar-refractivity contribution in [1.82, 2.24) is 0 Å². The summed E-state index contributed by atoms with van der Waals surface area (Å²) in [4.78, 5) is 10.4. The van der Waals surface area contributed by atoms with Crippen LogP contribution in [0.2, 0.25) is 5.02 Å². The minimum Gasteiger partial charge on any atom is -0.450 e. The Hall–Kier alpha value is -2.18. The molecule has 0 bridgehead atoms. The van der Waals surface area contributed by atoms with Crippen LogP contribution in [-0.2, 0) is 0 Å². The van der Waals surface area contributed by atoms with Gasteiger partial charge in [0.05, 0.1) is 16.0 Å². The Labute approximate surface area is 124 Å². The molecular weight excluding hydrogens is 301 g/mol. The van der Waals surface area contributed by atoms with Gasteiger partial charge in [0.2, 0.25) is 5.75 Å². The van der Waals surface area contributed by atoms with Gasteiger partial charge in [0.15, 0.2) is 0 Å². The average Bonchev–Trinajstić information content (AvgIpc) is 2.43. The van der Waals surface area contributed by atoms with Crippen LogP contribution in [0.3, 0.4) is 0 Å². The Balaban J connectivity index is 2.39. The van der Waals surface area contributed by atoms with Gasteiger partial charge in [-0.2, -0.15) is 0 Å². The SMILES string of the molecule is C[C@H](O)c1ccc(Oc2ccc(F)c(Cl)c2)c([N+](=O)[O-])c1. The summed E-state index contributed by atoms with van der Waals surface area (Å²) in [6, 6.07) is 7.76. The minimum absolute atomic E-state index is 0.0212. The van der Waals surface area contributed by atoms with Crippen LogP contribution in [0.4, 0.5) is 10.1 Å². The number of aliphatic hydroxyl groups is 1. The van der Waals surface area contributed by atoms with Crippen LogP contribution in [0, 0.1) is 15.9 Å². The Bertz CT molecular complexity index is 691. The molecule has 21 heavy (non-hydrogen) atoms. The molecule has 2 aromatic carbocycles. The van der Waals surface area contributed by atoms with E-state index < -0.39 is 16.8 Å². The van der Waals surface area contributed by atoms with Crippen molar-refractivity contribution in [3.8, 4) is 11.5 Å². The van der Waals surface area contributed by atoms with Crippen molar-refractivity contribution >= 4 is 17.3 Å². The van der Waals surface area contributed by atoms with E-state index in [-0.39, 0.29) is 22.2 Å². The Morgan fingerprint density at radius 2 is 2.05 bits per heavy atom. The highest BCUT2D eigenvalue weighted by atomic mass is 35.5. The smallest absolute Gasteiger partial charge is 0.311 e. The van der Waals surface area contributed by atoms with Crippen molar-refractivity contribution in [2.45, 2.75) is 13.0 Å². The van der Waals surface area contributed by atoms with Crippen molar-refractivity contribution in [1.29, 1.82) is 0 Å². The molecule has 0 saturated carbocycles. The molecule has 0 spiro atoms. The van der Waals surface area contributed by atoms with E-state index in [0.717, 1.165) is 6.07 Å². The van der Waals surface area contributed by atoms with Crippen LogP contribution in [0.1, 0.15) is 18.6 Å². The van der Waals surface area contributed by atoms with Gasteiger partial charge in [-0.25, -0.2) is 4.39 Å². The number of nitrogens with zero attached hydrogens (tertiary/aromatic N) is 1. The fraction of sp³-hybridized carbons (Fsp3) is 0.143. The van der Waals surface area contributed by atoms with Crippen molar-refractivity contribution < 1.29 is 19.2 Å². The van der Waals surface area contributed by atoms with Crippen LogP contribution in [0.5, 0.6) is 11.5 Å². The maximum atomic E-state index is 13.1. The minimum atomic E-state index is -0.835. The van der Waals surface area contributed by atoms with Crippen LogP contribution < -0.4 is 4.74 Å². The zero-order chi connectivity index (χ0) is 15.6. The van der Waals surface area contributed by atoms with Crippen molar-refractivity contribution in [3.05, 3.63) is 62.9 Å². The zero-order valence-electron chi connectivity index (χ0n) is 10.9. The Morgan fingerprint density at radius 1 is 1.33 bits per heavy atom. The predicted octanol–water partition coefficient (Wildman–Crippen LogP) is 4.23. The summed E-state index contributed by atoms with van der Waals surface area (Å²) in [5.41, 5.74) is 0.0973. The molecule has 0 aromatic heterocycles. The van der Waals surface area contributed by atoms with Gasteiger partial charge in [0.25, 0.3) is 0 Å². The van der Waals surface area contributed by atoms with Gasteiger partial charge in [0, 0.05) is 12.1 Å². The lowest BCUT2D eigenvalue weighted by Crippen LogP contribution is -1.97. The first-order chi connectivity index (χ1) is 9.88. The second-order valence-electron chi connectivity index (χ2n) is 4.34. The summed E-state index contributed by atoms with van der Waals surface area (Å²) < 4.78 is 18.4. The molecule has 0 aliphatic rings. The molecule has 110 valence electrons. The quantitative estimate of drug-likeness (QED) is 0.677. The molecule has 5 nitrogen and oxygen atoms in total. The molecule has 1 atom stereocenters. The van der Waals surface area contributed by atoms with Crippen LogP contribution in [0.25, 0.3) is 0 Å². The van der Waals surface area contributed by atoms with Crippen LogP contribution in [0.15, 0.2) is 36.4 Å². The zero-order valence-corrected chi connectivity index (χ0v) is 11.7. The summed E-state index contributed by atoms with van der Waals surface area (Å²) in [6.45, 7) is 1.50. The molecule has 0 heterocycles. The second-order valence-corrected chi connectivity index (χ2v) is 4.75. The fourth-order valence-corrected chi connectivity index (χ4v) is 1.86. The number of hydrogen-bond donors (Lipinski definition) is 1. The van der Waals surface area contributed by atoms with Gasteiger partial charge in [-0.05, 0) is 30.7 Å². The van der Waals surface area contributed by atoms with E-state index in [2.05, 4.69) is 0 Å². The first-order valence-corrected chi connectivity index (χ1v) is 6.35. The molecule has 1 N–H and O–H groups in total. The highest BCUT2D eigenvalue weighted by molar-refractivity contribution is 6.30. The monoisotopic (exact) mass is 311 g/mol. The standard InChI is InChI=1S/C14H11ClFNO4/c1-8(18)9-2-5-14(13(6-9)17(19)20)21-10-3-4-12(16)11(15)7-10/h2-8,18H,1H3/t8-/m0/s1. The number of ether oxygens (including phenoxy) is 1. The van der Waals surface area contributed by atoms with Crippen LogP contribution >= 0.6 is 11.6 Å². The first-order valence-electron chi connectivity index (χ1n) is 5.98. The molecule has 0 radical (unpaired) electrons. The normalized spacial score (nSPS) is 12.0. The van der Waals surface area contributed by atoms with Crippen molar-refractivity contribution in [3.63, 3.8) is 0 Å².